The van der Waals surface area contributed by atoms with Crippen LogP contribution in [0.15, 0.2) is 57.9 Å². The van der Waals surface area contributed by atoms with Crippen LogP contribution in [0.2, 0.25) is 0 Å². The van der Waals surface area contributed by atoms with E-state index in [1.54, 1.807) is 38.1 Å². The minimum Gasteiger partial charge on any atom is -0.371 e. The molecule has 1 saturated heterocycles. The summed E-state index contributed by atoms with van der Waals surface area (Å²) in [6.07, 6.45) is 1.49. The summed E-state index contributed by atoms with van der Waals surface area (Å²) in [5.41, 5.74) is 2.33. The third-order valence-electron chi connectivity index (χ3n) is 5.98. The monoisotopic (exact) mass is 471 g/mol. The lowest BCUT2D eigenvalue weighted by molar-refractivity contribution is 0.0930. The van der Waals surface area contributed by atoms with E-state index in [-0.39, 0.29) is 23.5 Å². The first-order chi connectivity index (χ1) is 15.8. The average molecular weight is 472 g/mol. The quantitative estimate of drug-likeness (QED) is 0.585. The van der Waals surface area contributed by atoms with Crippen LogP contribution in [0.5, 0.6) is 0 Å². The summed E-state index contributed by atoms with van der Waals surface area (Å²) in [6.45, 7) is 4.78. The molecule has 0 aliphatic carbocycles. The van der Waals surface area contributed by atoms with E-state index >= 15 is 0 Å². The van der Waals surface area contributed by atoms with E-state index in [2.05, 4.69) is 15.4 Å². The maximum atomic E-state index is 13.3. The van der Waals surface area contributed by atoms with Crippen molar-refractivity contribution in [3.05, 3.63) is 65.7 Å². The minimum absolute atomic E-state index is 0.0103. The molecule has 1 fully saturated rings. The molecular weight excluding hydrogens is 445 g/mol. The molecule has 1 aliphatic rings. The molecule has 174 valence electrons. The molecule has 3 aromatic rings. The highest BCUT2D eigenvalue weighted by molar-refractivity contribution is 7.91. The second-order valence-corrected chi connectivity index (χ2v) is 10.4. The number of aryl methyl sites for hydroxylation is 1. The standard InChI is InChI=1S/C24H26FN3O4S/c1-3-33(30,31)21-10-8-20(9-11-21)28-14-12-19(13-15-28)26-24(29)22-16(2)32-27-23(22)17-4-6-18(25)7-5-17/h4-11,19H,3,12-15H2,1-2H3,(H,26,29). The third-order valence-corrected chi connectivity index (χ3v) is 7.73. The molecular formula is C24H26FN3O4S. The van der Waals surface area contributed by atoms with Gasteiger partial charge in [0, 0.05) is 30.4 Å². The molecule has 2 aromatic carbocycles. The third kappa shape index (κ3) is 4.93. The number of carbonyl (C=O) groups excluding carboxylic acids is 1. The first-order valence-corrected chi connectivity index (χ1v) is 12.5. The molecule has 0 bridgehead atoms. The number of nitrogens with zero attached hydrogens (tertiary/aromatic N) is 2. The first kappa shape index (κ1) is 23.0. The lowest BCUT2D eigenvalue weighted by Crippen LogP contribution is -2.44. The molecule has 1 aromatic heterocycles. The SMILES string of the molecule is CCS(=O)(=O)c1ccc(N2CCC(NC(=O)c3c(-c4ccc(F)cc4)noc3C)CC2)cc1. The van der Waals surface area contributed by atoms with Crippen molar-refractivity contribution < 1.29 is 22.1 Å². The second-order valence-electron chi connectivity index (χ2n) is 8.10. The van der Waals surface area contributed by atoms with Crippen molar-refractivity contribution in [3.8, 4) is 11.3 Å². The van der Waals surface area contributed by atoms with E-state index in [0.29, 0.717) is 27.5 Å². The Morgan fingerprint density at radius 3 is 2.36 bits per heavy atom. The van der Waals surface area contributed by atoms with Crippen molar-refractivity contribution in [2.24, 2.45) is 0 Å². The van der Waals surface area contributed by atoms with E-state index in [1.165, 1.54) is 12.1 Å². The Bertz CT molecular complexity index is 1230. The molecule has 0 radical (unpaired) electrons. The van der Waals surface area contributed by atoms with Crippen LogP contribution in [0.4, 0.5) is 10.1 Å². The molecule has 0 saturated carbocycles. The Balaban J connectivity index is 1.39. The molecule has 9 heteroatoms. The summed E-state index contributed by atoms with van der Waals surface area (Å²) in [4.78, 5) is 15.5. The number of rotatable bonds is 6. The van der Waals surface area contributed by atoms with Gasteiger partial charge in [-0.2, -0.15) is 0 Å². The predicted molar refractivity (Wildman–Crippen MR) is 124 cm³/mol. The van der Waals surface area contributed by atoms with E-state index in [9.17, 15) is 17.6 Å². The zero-order valence-electron chi connectivity index (χ0n) is 18.5. The van der Waals surface area contributed by atoms with Gasteiger partial charge in [-0.1, -0.05) is 12.1 Å². The molecule has 0 unspecified atom stereocenters. The number of anilines is 1. The number of amides is 1. The highest BCUT2D eigenvalue weighted by Crippen LogP contribution is 2.27. The molecule has 1 aliphatic heterocycles. The lowest BCUT2D eigenvalue weighted by Gasteiger charge is -2.34. The van der Waals surface area contributed by atoms with Crippen molar-refractivity contribution >= 4 is 21.4 Å². The lowest BCUT2D eigenvalue weighted by atomic mass is 10.0. The molecule has 1 amide bonds. The van der Waals surface area contributed by atoms with E-state index < -0.39 is 9.84 Å². The topological polar surface area (TPSA) is 92.5 Å². The number of piperidine rings is 1. The molecule has 7 nitrogen and oxygen atoms in total. The fourth-order valence-electron chi connectivity index (χ4n) is 4.01. The summed E-state index contributed by atoms with van der Waals surface area (Å²) in [5.74, 6) is -0.142. The number of nitrogens with one attached hydrogen (secondary N) is 1. The zero-order chi connectivity index (χ0) is 23.6. The Labute approximate surface area is 192 Å². The zero-order valence-corrected chi connectivity index (χ0v) is 19.4. The Morgan fingerprint density at radius 1 is 1.12 bits per heavy atom. The van der Waals surface area contributed by atoms with Gasteiger partial charge < -0.3 is 14.7 Å². The number of sulfone groups is 1. The van der Waals surface area contributed by atoms with Gasteiger partial charge in [-0.3, -0.25) is 4.79 Å². The number of hydrogen-bond acceptors (Lipinski definition) is 6. The number of halogens is 1. The second kappa shape index (κ2) is 9.35. The summed E-state index contributed by atoms with van der Waals surface area (Å²) < 4.78 is 42.5. The molecule has 0 spiro atoms. The van der Waals surface area contributed by atoms with Crippen molar-refractivity contribution in [1.82, 2.24) is 10.5 Å². The normalized spacial score (nSPS) is 14.9. The van der Waals surface area contributed by atoms with E-state index in [0.717, 1.165) is 31.6 Å². The van der Waals surface area contributed by atoms with Gasteiger partial charge in [0.25, 0.3) is 5.91 Å². The van der Waals surface area contributed by atoms with Crippen molar-refractivity contribution in [3.63, 3.8) is 0 Å². The maximum Gasteiger partial charge on any atom is 0.257 e. The van der Waals surface area contributed by atoms with Gasteiger partial charge in [0.2, 0.25) is 0 Å². The van der Waals surface area contributed by atoms with Crippen LogP contribution in [-0.2, 0) is 9.84 Å². The Kier molecular flexibility index (Phi) is 6.51. The van der Waals surface area contributed by atoms with Gasteiger partial charge in [0.05, 0.1) is 10.6 Å². The molecule has 0 atom stereocenters. The van der Waals surface area contributed by atoms with Crippen LogP contribution >= 0.6 is 0 Å². The van der Waals surface area contributed by atoms with Gasteiger partial charge in [0.1, 0.15) is 22.8 Å². The van der Waals surface area contributed by atoms with Crippen molar-refractivity contribution in [2.45, 2.75) is 37.6 Å². The summed E-state index contributed by atoms with van der Waals surface area (Å²) >= 11 is 0. The van der Waals surface area contributed by atoms with Gasteiger partial charge in [-0.15, -0.1) is 0 Å². The fraction of sp³-hybridized carbons (Fsp3) is 0.333. The van der Waals surface area contributed by atoms with Crippen LogP contribution in [-0.4, -0.2) is 44.4 Å². The first-order valence-electron chi connectivity index (χ1n) is 10.9. The van der Waals surface area contributed by atoms with Crippen molar-refractivity contribution in [2.75, 3.05) is 23.7 Å². The number of benzene rings is 2. The van der Waals surface area contributed by atoms with Crippen molar-refractivity contribution in [1.29, 1.82) is 0 Å². The Hall–Kier alpha value is -3.20. The van der Waals surface area contributed by atoms with E-state index in [1.807, 2.05) is 12.1 Å². The largest absolute Gasteiger partial charge is 0.371 e. The number of hydrogen-bond donors (Lipinski definition) is 1. The van der Waals surface area contributed by atoms with Gasteiger partial charge in [-0.05, 0) is 68.3 Å². The van der Waals surface area contributed by atoms with Crippen LogP contribution in [0.25, 0.3) is 11.3 Å². The molecule has 4 rings (SSSR count). The van der Waals surface area contributed by atoms with Crippen LogP contribution < -0.4 is 10.2 Å². The van der Waals surface area contributed by atoms with E-state index in [4.69, 9.17) is 4.52 Å². The highest BCUT2D eigenvalue weighted by atomic mass is 32.2. The van der Waals surface area contributed by atoms with Gasteiger partial charge in [0.15, 0.2) is 9.84 Å². The number of aromatic nitrogens is 1. The van der Waals surface area contributed by atoms with Crippen LogP contribution in [0, 0.1) is 12.7 Å². The van der Waals surface area contributed by atoms with Gasteiger partial charge >= 0.3 is 0 Å². The smallest absolute Gasteiger partial charge is 0.257 e. The fourth-order valence-corrected chi connectivity index (χ4v) is 4.90. The van der Waals surface area contributed by atoms with Crippen LogP contribution in [0.3, 0.4) is 0 Å². The van der Waals surface area contributed by atoms with Crippen LogP contribution in [0.1, 0.15) is 35.9 Å². The highest BCUT2D eigenvalue weighted by Gasteiger charge is 2.26. The Morgan fingerprint density at radius 2 is 1.76 bits per heavy atom. The summed E-state index contributed by atoms with van der Waals surface area (Å²) in [6, 6.07) is 12.7. The molecule has 1 N–H and O–H groups in total. The number of carbonyl (C=O) groups is 1. The summed E-state index contributed by atoms with van der Waals surface area (Å²) in [5, 5.41) is 7.08. The minimum atomic E-state index is -3.22. The maximum absolute atomic E-state index is 13.3. The average Bonchev–Trinajstić information content (AvgIpc) is 3.21. The predicted octanol–water partition coefficient (Wildman–Crippen LogP) is 3.98. The molecule has 33 heavy (non-hydrogen) atoms. The summed E-state index contributed by atoms with van der Waals surface area (Å²) in [7, 11) is -3.22. The molecule has 2 heterocycles. The van der Waals surface area contributed by atoms with Gasteiger partial charge in [-0.25, -0.2) is 12.8 Å².